The Morgan fingerprint density at radius 1 is 1.21 bits per heavy atom. The molecule has 100 valence electrons. The van der Waals surface area contributed by atoms with Gasteiger partial charge in [0.25, 0.3) is 5.89 Å². The van der Waals surface area contributed by atoms with E-state index in [1.165, 1.54) is 0 Å². The van der Waals surface area contributed by atoms with Crippen LogP contribution in [0.4, 0.5) is 0 Å². The second-order valence-corrected chi connectivity index (χ2v) is 4.24. The number of benzene rings is 1. The van der Waals surface area contributed by atoms with E-state index in [1.54, 1.807) is 12.1 Å². The minimum Gasteiger partial charge on any atom is -0.378 e. The third-order valence-corrected chi connectivity index (χ3v) is 2.91. The zero-order valence-corrected chi connectivity index (χ0v) is 10.2. The van der Waals surface area contributed by atoms with Gasteiger partial charge in [-0.25, -0.2) is 0 Å². The maximum atomic E-state index is 10.1. The van der Waals surface area contributed by atoms with E-state index in [1.807, 2.05) is 18.2 Å². The van der Waals surface area contributed by atoms with E-state index in [2.05, 4.69) is 10.1 Å². The van der Waals surface area contributed by atoms with Crippen LogP contribution in [0.3, 0.4) is 0 Å². The topological polar surface area (TPSA) is 77.6 Å². The second-order valence-electron chi connectivity index (χ2n) is 4.24. The summed E-state index contributed by atoms with van der Waals surface area (Å²) in [5.74, 6) is 0.569. The molecule has 0 spiro atoms. The summed E-state index contributed by atoms with van der Waals surface area (Å²) in [7, 11) is 0. The molecule has 0 aliphatic carbocycles. The number of aliphatic hydroxyl groups is 1. The number of aliphatic hydroxyl groups excluding tert-OH is 1. The molecule has 1 saturated heterocycles. The normalized spacial score (nSPS) is 21.2. The first kappa shape index (κ1) is 12.3. The quantitative estimate of drug-likeness (QED) is 0.896. The van der Waals surface area contributed by atoms with Gasteiger partial charge in [0.1, 0.15) is 6.10 Å². The minimum atomic E-state index is -0.924. The van der Waals surface area contributed by atoms with Crippen molar-refractivity contribution in [3.05, 3.63) is 47.6 Å². The zero-order chi connectivity index (χ0) is 13.1. The summed E-state index contributed by atoms with van der Waals surface area (Å²) in [5.41, 5.74) is 0.707. The van der Waals surface area contributed by atoms with Crippen LogP contribution in [0.25, 0.3) is 0 Å². The van der Waals surface area contributed by atoms with Gasteiger partial charge < -0.3 is 19.1 Å². The van der Waals surface area contributed by atoms with Gasteiger partial charge in [0, 0.05) is 0 Å². The van der Waals surface area contributed by atoms with Crippen molar-refractivity contribution in [1.82, 2.24) is 10.1 Å². The van der Waals surface area contributed by atoms with Crippen molar-refractivity contribution in [3.8, 4) is 0 Å². The van der Waals surface area contributed by atoms with Crippen molar-refractivity contribution in [2.24, 2.45) is 0 Å². The Morgan fingerprint density at radius 2 is 2.05 bits per heavy atom. The maximum absolute atomic E-state index is 10.1. The van der Waals surface area contributed by atoms with Crippen LogP contribution in [-0.2, 0) is 9.47 Å². The Hall–Kier alpha value is -1.76. The Kier molecular flexibility index (Phi) is 3.54. The highest BCUT2D eigenvalue weighted by atomic mass is 16.6. The molecule has 1 fully saturated rings. The molecule has 6 nitrogen and oxygen atoms in total. The first-order chi connectivity index (χ1) is 9.34. The van der Waals surface area contributed by atoms with Gasteiger partial charge in [-0.05, 0) is 5.56 Å². The standard InChI is InChI=1S/C13H14N2O4/c16-11(9-4-2-1-3-5-9)13-14-12(15-19-13)10-8-17-6-7-18-10/h1-5,10-11,16H,6-8H2. The number of nitrogens with zero attached hydrogens (tertiary/aromatic N) is 2. The number of rotatable bonds is 3. The number of hydrogen-bond acceptors (Lipinski definition) is 6. The molecule has 19 heavy (non-hydrogen) atoms. The Balaban J connectivity index is 1.77. The van der Waals surface area contributed by atoms with E-state index in [4.69, 9.17) is 14.0 Å². The lowest BCUT2D eigenvalue weighted by Crippen LogP contribution is -2.22. The molecule has 1 aromatic heterocycles. The van der Waals surface area contributed by atoms with Crippen LogP contribution >= 0.6 is 0 Å². The van der Waals surface area contributed by atoms with E-state index >= 15 is 0 Å². The molecule has 2 heterocycles. The molecule has 0 saturated carbocycles. The second kappa shape index (κ2) is 5.48. The SMILES string of the molecule is OC(c1ccccc1)c1nc(C2COCCO2)no1. The Labute approximate surface area is 110 Å². The fourth-order valence-corrected chi connectivity index (χ4v) is 1.90. The van der Waals surface area contributed by atoms with E-state index in [0.29, 0.717) is 31.2 Å². The van der Waals surface area contributed by atoms with Crippen LogP contribution in [0.15, 0.2) is 34.9 Å². The highest BCUT2D eigenvalue weighted by Crippen LogP contribution is 2.23. The van der Waals surface area contributed by atoms with Crippen LogP contribution in [0.1, 0.15) is 29.5 Å². The smallest absolute Gasteiger partial charge is 0.260 e. The largest absolute Gasteiger partial charge is 0.378 e. The predicted octanol–water partition coefficient (Wildman–Crippen LogP) is 1.24. The van der Waals surface area contributed by atoms with Crippen molar-refractivity contribution < 1.29 is 19.1 Å². The molecule has 0 bridgehead atoms. The van der Waals surface area contributed by atoms with Crippen LogP contribution in [0.2, 0.25) is 0 Å². The van der Waals surface area contributed by atoms with Crippen LogP contribution < -0.4 is 0 Å². The average Bonchev–Trinajstić information content (AvgIpc) is 2.98. The molecule has 2 unspecified atom stereocenters. The van der Waals surface area contributed by atoms with Crippen molar-refractivity contribution >= 4 is 0 Å². The van der Waals surface area contributed by atoms with Gasteiger partial charge in [-0.1, -0.05) is 35.5 Å². The van der Waals surface area contributed by atoms with Gasteiger partial charge in [0.2, 0.25) is 5.82 Å². The highest BCUT2D eigenvalue weighted by Gasteiger charge is 2.25. The summed E-state index contributed by atoms with van der Waals surface area (Å²) in [6.45, 7) is 1.49. The maximum Gasteiger partial charge on any atom is 0.260 e. The lowest BCUT2D eigenvalue weighted by molar-refractivity contribution is -0.0941. The van der Waals surface area contributed by atoms with Crippen LogP contribution in [0.5, 0.6) is 0 Å². The van der Waals surface area contributed by atoms with Crippen LogP contribution in [-0.4, -0.2) is 35.1 Å². The summed E-state index contributed by atoms with van der Waals surface area (Å²) in [6, 6.07) is 9.16. The summed E-state index contributed by atoms with van der Waals surface area (Å²) >= 11 is 0. The number of hydrogen-bond donors (Lipinski definition) is 1. The summed E-state index contributed by atoms with van der Waals surface area (Å²) in [4.78, 5) is 4.18. The Bertz CT molecular complexity index is 522. The fourth-order valence-electron chi connectivity index (χ4n) is 1.90. The summed E-state index contributed by atoms with van der Waals surface area (Å²) in [5, 5.41) is 14.0. The minimum absolute atomic E-state index is 0.162. The van der Waals surface area contributed by atoms with E-state index < -0.39 is 6.10 Å². The van der Waals surface area contributed by atoms with Crippen molar-refractivity contribution in [1.29, 1.82) is 0 Å². The molecular formula is C13H14N2O4. The molecule has 1 aromatic carbocycles. The highest BCUT2D eigenvalue weighted by molar-refractivity contribution is 5.21. The van der Waals surface area contributed by atoms with Crippen molar-refractivity contribution in [2.75, 3.05) is 19.8 Å². The van der Waals surface area contributed by atoms with Gasteiger partial charge in [0.15, 0.2) is 6.10 Å². The van der Waals surface area contributed by atoms with Gasteiger partial charge >= 0.3 is 0 Å². The zero-order valence-electron chi connectivity index (χ0n) is 10.2. The predicted molar refractivity (Wildman–Crippen MR) is 64.3 cm³/mol. The third-order valence-electron chi connectivity index (χ3n) is 2.91. The molecule has 3 rings (SSSR count). The first-order valence-corrected chi connectivity index (χ1v) is 6.10. The van der Waals surface area contributed by atoms with Crippen molar-refractivity contribution in [3.63, 3.8) is 0 Å². The number of aromatic nitrogens is 2. The molecule has 2 aromatic rings. The van der Waals surface area contributed by atoms with E-state index in [-0.39, 0.29) is 12.0 Å². The van der Waals surface area contributed by atoms with Gasteiger partial charge in [-0.15, -0.1) is 0 Å². The average molecular weight is 262 g/mol. The van der Waals surface area contributed by atoms with Crippen LogP contribution in [0, 0.1) is 0 Å². The van der Waals surface area contributed by atoms with Gasteiger partial charge in [-0.2, -0.15) is 4.98 Å². The third kappa shape index (κ3) is 2.65. The molecule has 1 aliphatic rings. The molecule has 2 atom stereocenters. The molecule has 6 heteroatoms. The molecule has 0 amide bonds. The first-order valence-electron chi connectivity index (χ1n) is 6.10. The van der Waals surface area contributed by atoms with E-state index in [0.717, 1.165) is 0 Å². The fraction of sp³-hybridized carbons (Fsp3) is 0.385. The van der Waals surface area contributed by atoms with Gasteiger partial charge in [-0.3, -0.25) is 0 Å². The summed E-state index contributed by atoms with van der Waals surface area (Å²) in [6.07, 6.45) is -1.25. The lowest BCUT2D eigenvalue weighted by Gasteiger charge is -2.19. The van der Waals surface area contributed by atoms with Gasteiger partial charge in [0.05, 0.1) is 19.8 Å². The Morgan fingerprint density at radius 3 is 2.79 bits per heavy atom. The molecule has 1 aliphatic heterocycles. The van der Waals surface area contributed by atoms with Crippen molar-refractivity contribution in [2.45, 2.75) is 12.2 Å². The van der Waals surface area contributed by atoms with E-state index in [9.17, 15) is 5.11 Å². The summed E-state index contributed by atoms with van der Waals surface area (Å²) < 4.78 is 15.8. The lowest BCUT2D eigenvalue weighted by atomic mass is 10.1. The molecule has 1 N–H and O–H groups in total. The molecule has 0 radical (unpaired) electrons. The monoisotopic (exact) mass is 262 g/mol. The number of ether oxygens (including phenoxy) is 2. The molecular weight excluding hydrogens is 248 g/mol.